The van der Waals surface area contributed by atoms with Crippen molar-refractivity contribution < 1.29 is 19.1 Å². The van der Waals surface area contributed by atoms with Crippen LogP contribution in [0.15, 0.2) is 22.5 Å². The van der Waals surface area contributed by atoms with Gasteiger partial charge in [-0.2, -0.15) is 11.8 Å². The summed E-state index contributed by atoms with van der Waals surface area (Å²) in [7, 11) is 0. The van der Waals surface area contributed by atoms with Crippen LogP contribution in [0.1, 0.15) is 44.3 Å². The van der Waals surface area contributed by atoms with Crippen LogP contribution in [0.5, 0.6) is 0 Å². The largest absolute Gasteiger partial charge is 0.456 e. The number of hydrogen-bond acceptors (Lipinski definition) is 9. The van der Waals surface area contributed by atoms with E-state index in [-0.39, 0.29) is 30.7 Å². The summed E-state index contributed by atoms with van der Waals surface area (Å²) in [5.41, 5.74) is -0.299. The second-order valence-corrected chi connectivity index (χ2v) is 11.4. The predicted octanol–water partition coefficient (Wildman–Crippen LogP) is 2.78. The van der Waals surface area contributed by atoms with Crippen molar-refractivity contribution in [1.29, 1.82) is 0 Å². The Labute approximate surface area is 206 Å². The Kier molecular flexibility index (Phi) is 9.00. The lowest BCUT2D eigenvalue weighted by Crippen LogP contribution is -2.53. The van der Waals surface area contributed by atoms with E-state index in [1.54, 1.807) is 24.8 Å². The zero-order valence-electron chi connectivity index (χ0n) is 19.3. The van der Waals surface area contributed by atoms with Gasteiger partial charge >= 0.3 is 5.97 Å². The average Bonchev–Trinajstić information content (AvgIpc) is 3.40. The van der Waals surface area contributed by atoms with E-state index >= 15 is 0 Å². The lowest BCUT2D eigenvalue weighted by atomic mass is 10.0. The molecule has 0 fully saturated rings. The first-order valence-corrected chi connectivity index (χ1v) is 14.1. The van der Waals surface area contributed by atoms with Gasteiger partial charge in [-0.05, 0) is 37.3 Å². The Bertz CT molecular complexity index is 946. The number of thiazole rings is 1. The van der Waals surface area contributed by atoms with Crippen molar-refractivity contribution in [3.63, 3.8) is 0 Å². The highest BCUT2D eigenvalue weighted by atomic mass is 32.2. The summed E-state index contributed by atoms with van der Waals surface area (Å²) in [6.45, 7) is 5.74. The van der Waals surface area contributed by atoms with Gasteiger partial charge in [-0.3, -0.25) is 14.6 Å². The van der Waals surface area contributed by atoms with Crippen molar-refractivity contribution >= 4 is 57.7 Å². The number of ether oxygens (including phenoxy) is 1. The Morgan fingerprint density at radius 3 is 2.88 bits per heavy atom. The quantitative estimate of drug-likeness (QED) is 0.356. The van der Waals surface area contributed by atoms with Gasteiger partial charge < -0.3 is 15.4 Å². The van der Waals surface area contributed by atoms with E-state index in [4.69, 9.17) is 4.74 Å². The molecule has 1 aromatic rings. The van der Waals surface area contributed by atoms with Crippen LogP contribution in [-0.2, 0) is 25.7 Å². The first-order valence-electron chi connectivity index (χ1n) is 10.8. The Morgan fingerprint density at radius 2 is 2.15 bits per heavy atom. The number of carbonyl (C=O) groups is 3. The van der Waals surface area contributed by atoms with Gasteiger partial charge in [-0.1, -0.05) is 19.9 Å². The number of hydrogen-bond donors (Lipinski definition) is 2. The molecule has 11 heteroatoms. The second kappa shape index (κ2) is 11.5. The van der Waals surface area contributed by atoms with Gasteiger partial charge in [0.15, 0.2) is 0 Å². The zero-order valence-corrected chi connectivity index (χ0v) is 21.7. The monoisotopic (exact) mass is 510 g/mol. The molecule has 3 unspecified atom stereocenters. The van der Waals surface area contributed by atoms with Crippen molar-refractivity contribution in [2.75, 3.05) is 17.8 Å². The standard InChI is InChI=1S/C22H30N4O4S3/c1-13(2)18-20(28)30-14(7-5-6-8-31-4)9-16(27)23-10-17-24-15(11-32-17)19-26-22(3,12-33-19)21(29)25-18/h5,7,11,13-14,18H,6,8-10,12H2,1-4H3,(H,23,27)(H,25,29)/b7-5+. The fourth-order valence-electron chi connectivity index (χ4n) is 3.26. The molecule has 2 aliphatic heterocycles. The number of aliphatic imine (C=N–C) groups is 1. The number of cyclic esters (lactones) is 1. The number of aromatic nitrogens is 1. The molecule has 4 bridgehead atoms. The van der Waals surface area contributed by atoms with E-state index in [1.165, 1.54) is 23.1 Å². The minimum Gasteiger partial charge on any atom is -0.456 e. The summed E-state index contributed by atoms with van der Waals surface area (Å²) < 4.78 is 5.70. The number of nitrogens with zero attached hydrogens (tertiary/aromatic N) is 2. The summed E-state index contributed by atoms with van der Waals surface area (Å²) in [6.07, 6.45) is 5.77. The molecule has 0 radical (unpaired) electrons. The van der Waals surface area contributed by atoms with Crippen molar-refractivity contribution in [1.82, 2.24) is 15.6 Å². The molecule has 2 N–H and O–H groups in total. The Balaban J connectivity index is 1.89. The third kappa shape index (κ3) is 6.83. The molecule has 0 saturated heterocycles. The first kappa shape index (κ1) is 25.8. The minimum absolute atomic E-state index is 0.00121. The highest BCUT2D eigenvalue weighted by molar-refractivity contribution is 8.14. The van der Waals surface area contributed by atoms with Crippen LogP contribution in [0.4, 0.5) is 0 Å². The number of carbonyl (C=O) groups excluding carboxylic acids is 3. The number of thioether (sulfide) groups is 2. The number of amides is 2. The molecule has 2 aliphatic rings. The molecular weight excluding hydrogens is 480 g/mol. The molecule has 33 heavy (non-hydrogen) atoms. The van der Waals surface area contributed by atoms with Crippen LogP contribution < -0.4 is 10.6 Å². The summed E-state index contributed by atoms with van der Waals surface area (Å²) in [4.78, 5) is 48.0. The van der Waals surface area contributed by atoms with E-state index in [1.807, 2.05) is 31.6 Å². The molecule has 0 spiro atoms. The summed E-state index contributed by atoms with van der Waals surface area (Å²) >= 11 is 4.61. The molecule has 1 aromatic heterocycles. The van der Waals surface area contributed by atoms with E-state index < -0.39 is 23.7 Å². The van der Waals surface area contributed by atoms with Crippen LogP contribution in [0.25, 0.3) is 0 Å². The molecule has 180 valence electrons. The molecule has 0 aromatic carbocycles. The van der Waals surface area contributed by atoms with Gasteiger partial charge in [-0.15, -0.1) is 23.1 Å². The maximum Gasteiger partial charge on any atom is 0.329 e. The second-order valence-electron chi connectivity index (χ2n) is 8.47. The fraction of sp³-hybridized carbons (Fsp3) is 0.591. The number of fused-ring (bicyclic) bond motifs is 4. The Morgan fingerprint density at radius 1 is 1.36 bits per heavy atom. The van der Waals surface area contributed by atoms with Gasteiger partial charge in [0.2, 0.25) is 11.8 Å². The smallest absolute Gasteiger partial charge is 0.329 e. The van der Waals surface area contributed by atoms with Crippen molar-refractivity contribution in [3.05, 3.63) is 28.2 Å². The first-order chi connectivity index (χ1) is 15.7. The normalized spacial score (nSPS) is 26.8. The van der Waals surface area contributed by atoms with Gasteiger partial charge in [0.05, 0.1) is 13.0 Å². The van der Waals surface area contributed by atoms with E-state index in [0.717, 1.165) is 17.2 Å². The number of rotatable bonds is 5. The van der Waals surface area contributed by atoms with Gasteiger partial charge in [0, 0.05) is 11.1 Å². The van der Waals surface area contributed by atoms with Crippen LogP contribution in [0.2, 0.25) is 0 Å². The molecule has 0 aliphatic carbocycles. The van der Waals surface area contributed by atoms with Gasteiger partial charge in [0.25, 0.3) is 0 Å². The lowest BCUT2D eigenvalue weighted by molar-refractivity contribution is -0.153. The Hall–Kier alpha value is -1.85. The van der Waals surface area contributed by atoms with E-state index in [0.29, 0.717) is 16.5 Å². The SMILES string of the molecule is CSCC/C=C/C1CC(=O)NCc2nc(cs2)C2=NC(C)(CS2)C(=O)NC(C(C)C)C(=O)O1. The molecule has 3 atom stereocenters. The summed E-state index contributed by atoms with van der Waals surface area (Å²) in [5, 5.41) is 9.02. The van der Waals surface area contributed by atoms with Gasteiger partial charge in [0.1, 0.15) is 33.4 Å². The van der Waals surface area contributed by atoms with Crippen LogP contribution in [0.3, 0.4) is 0 Å². The maximum atomic E-state index is 13.1. The third-order valence-corrected chi connectivity index (χ3v) is 8.01. The molecule has 0 saturated carbocycles. The highest BCUT2D eigenvalue weighted by Crippen LogP contribution is 2.32. The molecular formula is C22H30N4O4S3. The van der Waals surface area contributed by atoms with Crippen LogP contribution >= 0.6 is 34.9 Å². The molecule has 3 rings (SSSR count). The summed E-state index contributed by atoms with van der Waals surface area (Å²) in [6, 6.07) is -0.845. The van der Waals surface area contributed by atoms with Crippen molar-refractivity contribution in [3.8, 4) is 0 Å². The van der Waals surface area contributed by atoms with Crippen molar-refractivity contribution in [2.45, 2.75) is 57.8 Å². The number of allylic oxidation sites excluding steroid dienone is 1. The summed E-state index contributed by atoms with van der Waals surface area (Å²) in [5.74, 6) is 0.0682. The highest BCUT2D eigenvalue weighted by Gasteiger charge is 2.41. The van der Waals surface area contributed by atoms with E-state index in [2.05, 4.69) is 20.6 Å². The number of esters is 1. The number of nitrogens with one attached hydrogen (secondary N) is 2. The van der Waals surface area contributed by atoms with Gasteiger partial charge in [-0.25, -0.2) is 9.78 Å². The molecule has 8 nitrogen and oxygen atoms in total. The average molecular weight is 511 g/mol. The van der Waals surface area contributed by atoms with E-state index in [9.17, 15) is 14.4 Å². The van der Waals surface area contributed by atoms with Crippen LogP contribution in [0, 0.1) is 5.92 Å². The molecule has 2 amide bonds. The zero-order chi connectivity index (χ0) is 24.0. The fourth-order valence-corrected chi connectivity index (χ4v) is 5.56. The third-order valence-electron chi connectivity index (χ3n) is 5.24. The van der Waals surface area contributed by atoms with Crippen LogP contribution in [-0.4, -0.2) is 63.3 Å². The molecule has 3 heterocycles. The lowest BCUT2D eigenvalue weighted by Gasteiger charge is -2.27. The van der Waals surface area contributed by atoms with Crippen molar-refractivity contribution in [2.24, 2.45) is 10.9 Å². The minimum atomic E-state index is -1.00. The maximum absolute atomic E-state index is 13.1. The predicted molar refractivity (Wildman–Crippen MR) is 135 cm³/mol. The topological polar surface area (TPSA) is 110 Å².